The highest BCUT2D eigenvalue weighted by Gasteiger charge is 2.30. The summed E-state index contributed by atoms with van der Waals surface area (Å²) in [6.45, 7) is 0.402. The van der Waals surface area contributed by atoms with E-state index in [1.807, 2.05) is 0 Å². The van der Waals surface area contributed by atoms with Gasteiger partial charge in [-0.15, -0.1) is 0 Å². The lowest BCUT2D eigenvalue weighted by molar-refractivity contribution is -0.137. The Morgan fingerprint density at radius 1 is 1.14 bits per heavy atom. The zero-order chi connectivity index (χ0) is 15.6. The molecule has 2 heterocycles. The topological polar surface area (TPSA) is 50.7 Å². The molecule has 0 aromatic carbocycles. The summed E-state index contributed by atoms with van der Waals surface area (Å²) in [5.41, 5.74) is 1.77. The second-order valence-corrected chi connectivity index (χ2v) is 5.25. The van der Waals surface area contributed by atoms with Crippen LogP contribution < -0.4 is 5.32 Å². The van der Waals surface area contributed by atoms with Crippen LogP contribution in [0.25, 0.3) is 0 Å². The normalized spacial score (nSPS) is 18.0. The fraction of sp³-hybridized carbons (Fsp3) is 0.400. The minimum absolute atomic E-state index is 0.0709. The van der Waals surface area contributed by atoms with Gasteiger partial charge in [0.25, 0.3) is 0 Å². The molecule has 4 nitrogen and oxygen atoms in total. The highest BCUT2D eigenvalue weighted by Crippen LogP contribution is 2.29. The van der Waals surface area contributed by atoms with Crippen molar-refractivity contribution in [3.8, 4) is 0 Å². The molecule has 1 N–H and O–H groups in total. The number of alkyl halides is 3. The Balaban J connectivity index is 1.66. The van der Waals surface area contributed by atoms with Crippen LogP contribution in [-0.4, -0.2) is 15.0 Å². The Bertz CT molecular complexity index is 640. The molecule has 2 aromatic rings. The smallest absolute Gasteiger partial charge is 0.303 e. The maximum absolute atomic E-state index is 12.5. The Kier molecular flexibility index (Phi) is 4.06. The molecule has 2 aromatic heterocycles. The van der Waals surface area contributed by atoms with E-state index in [2.05, 4.69) is 20.3 Å². The number of fused-ring (bicyclic) bond motifs is 1. The number of aryl methyl sites for hydroxylation is 1. The largest absolute Gasteiger partial charge is 0.417 e. The molecule has 1 aliphatic carbocycles. The molecule has 0 saturated carbocycles. The van der Waals surface area contributed by atoms with Crippen molar-refractivity contribution >= 4 is 0 Å². The number of nitrogens with zero attached hydrogens (tertiary/aromatic N) is 3. The molecule has 0 spiro atoms. The van der Waals surface area contributed by atoms with Crippen LogP contribution in [0.1, 0.15) is 41.5 Å². The minimum Gasteiger partial charge on any atom is -0.303 e. The van der Waals surface area contributed by atoms with Crippen molar-refractivity contribution in [2.75, 3.05) is 0 Å². The summed E-state index contributed by atoms with van der Waals surface area (Å²) in [5.74, 6) is 0. The van der Waals surface area contributed by atoms with Gasteiger partial charge in [0.15, 0.2) is 0 Å². The van der Waals surface area contributed by atoms with Gasteiger partial charge in [-0.05, 0) is 31.4 Å². The van der Waals surface area contributed by atoms with Gasteiger partial charge >= 0.3 is 6.18 Å². The minimum atomic E-state index is -4.35. The quantitative estimate of drug-likeness (QED) is 0.947. The number of nitrogens with one attached hydrogen (secondary N) is 1. The summed E-state index contributed by atoms with van der Waals surface area (Å²) < 4.78 is 37.5. The first-order valence-electron chi connectivity index (χ1n) is 7.09. The van der Waals surface area contributed by atoms with E-state index in [4.69, 9.17) is 0 Å². The Hall–Kier alpha value is -2.02. The van der Waals surface area contributed by atoms with Crippen LogP contribution in [0.2, 0.25) is 0 Å². The first kappa shape index (κ1) is 14.9. The highest BCUT2D eigenvalue weighted by atomic mass is 19.4. The maximum atomic E-state index is 12.5. The zero-order valence-corrected chi connectivity index (χ0v) is 11.8. The number of halogens is 3. The molecule has 0 amide bonds. The van der Waals surface area contributed by atoms with Gasteiger partial charge in [0.1, 0.15) is 0 Å². The number of rotatable bonds is 3. The number of hydrogen-bond donors (Lipinski definition) is 1. The van der Waals surface area contributed by atoms with Crippen molar-refractivity contribution in [1.82, 2.24) is 20.3 Å². The van der Waals surface area contributed by atoms with Crippen LogP contribution in [0.4, 0.5) is 13.2 Å². The Morgan fingerprint density at radius 2 is 1.95 bits per heavy atom. The molecule has 116 valence electrons. The van der Waals surface area contributed by atoms with Crippen molar-refractivity contribution in [2.45, 2.75) is 38.0 Å². The predicted molar refractivity (Wildman–Crippen MR) is 73.8 cm³/mol. The molecule has 0 saturated heterocycles. The van der Waals surface area contributed by atoms with Gasteiger partial charge in [-0.25, -0.2) is 0 Å². The maximum Gasteiger partial charge on any atom is 0.417 e. The van der Waals surface area contributed by atoms with Crippen LogP contribution in [0.3, 0.4) is 0 Å². The Labute approximate surface area is 125 Å². The third kappa shape index (κ3) is 3.24. The summed E-state index contributed by atoms with van der Waals surface area (Å²) in [4.78, 5) is 12.6. The molecule has 7 heteroatoms. The summed E-state index contributed by atoms with van der Waals surface area (Å²) in [6, 6.07) is 2.52. The van der Waals surface area contributed by atoms with Gasteiger partial charge in [-0.2, -0.15) is 13.2 Å². The van der Waals surface area contributed by atoms with Crippen LogP contribution in [0.15, 0.2) is 30.7 Å². The summed E-state index contributed by atoms with van der Waals surface area (Å²) >= 11 is 0. The average Bonchev–Trinajstić information content (AvgIpc) is 2.52. The van der Waals surface area contributed by atoms with E-state index >= 15 is 0 Å². The molecule has 0 aliphatic heterocycles. The molecular formula is C15H15F3N4. The molecule has 1 atom stereocenters. The standard InChI is InChI=1S/C15H15F3N4/c16-15(17,18)10-4-5-11(21-8-10)9-22-13-3-1-2-12-14(13)20-7-6-19-12/h4-8,13,22H,1-3,9H2/t13-/m1/s1. The monoisotopic (exact) mass is 308 g/mol. The zero-order valence-electron chi connectivity index (χ0n) is 11.8. The molecule has 3 rings (SSSR count). The van der Waals surface area contributed by atoms with Gasteiger partial charge in [-0.1, -0.05) is 0 Å². The Morgan fingerprint density at radius 3 is 2.68 bits per heavy atom. The van der Waals surface area contributed by atoms with Gasteiger partial charge in [0.05, 0.1) is 28.7 Å². The van der Waals surface area contributed by atoms with Crippen molar-refractivity contribution in [1.29, 1.82) is 0 Å². The van der Waals surface area contributed by atoms with Gasteiger partial charge in [-0.3, -0.25) is 15.0 Å². The van der Waals surface area contributed by atoms with Crippen molar-refractivity contribution in [3.63, 3.8) is 0 Å². The van der Waals surface area contributed by atoms with Crippen LogP contribution in [-0.2, 0) is 19.1 Å². The molecule has 22 heavy (non-hydrogen) atoms. The third-order valence-corrected chi connectivity index (χ3v) is 3.72. The number of hydrogen-bond acceptors (Lipinski definition) is 4. The van der Waals surface area contributed by atoms with Crippen LogP contribution >= 0.6 is 0 Å². The fourth-order valence-corrected chi connectivity index (χ4v) is 2.59. The summed E-state index contributed by atoms with van der Waals surface area (Å²) in [5, 5.41) is 3.31. The van der Waals surface area contributed by atoms with Crippen molar-refractivity contribution in [2.24, 2.45) is 0 Å². The summed E-state index contributed by atoms with van der Waals surface area (Å²) in [6.07, 6.45) is 2.73. The van der Waals surface area contributed by atoms with E-state index in [9.17, 15) is 13.2 Å². The lowest BCUT2D eigenvalue weighted by Crippen LogP contribution is -2.26. The SMILES string of the molecule is FC(F)(F)c1ccc(CN[C@@H]2CCCc3nccnc32)nc1. The van der Waals surface area contributed by atoms with E-state index in [-0.39, 0.29) is 6.04 Å². The fourth-order valence-electron chi connectivity index (χ4n) is 2.59. The van der Waals surface area contributed by atoms with Crippen molar-refractivity contribution in [3.05, 3.63) is 53.4 Å². The first-order valence-corrected chi connectivity index (χ1v) is 7.09. The highest BCUT2D eigenvalue weighted by molar-refractivity contribution is 5.20. The van der Waals surface area contributed by atoms with Crippen LogP contribution in [0, 0.1) is 0 Å². The van der Waals surface area contributed by atoms with Crippen LogP contribution in [0.5, 0.6) is 0 Å². The van der Waals surface area contributed by atoms with E-state index in [0.29, 0.717) is 12.2 Å². The second kappa shape index (κ2) is 6.00. The summed E-state index contributed by atoms with van der Waals surface area (Å²) in [7, 11) is 0. The van der Waals surface area contributed by atoms with E-state index in [1.54, 1.807) is 12.4 Å². The van der Waals surface area contributed by atoms with E-state index in [1.165, 1.54) is 6.07 Å². The van der Waals surface area contributed by atoms with E-state index in [0.717, 1.165) is 42.9 Å². The molecule has 0 unspecified atom stereocenters. The lowest BCUT2D eigenvalue weighted by atomic mass is 9.95. The predicted octanol–water partition coefficient (Wildman–Crippen LogP) is 3.06. The molecule has 1 aliphatic rings. The molecule has 0 fully saturated rings. The average molecular weight is 308 g/mol. The lowest BCUT2D eigenvalue weighted by Gasteiger charge is -2.24. The van der Waals surface area contributed by atoms with Gasteiger partial charge in [0.2, 0.25) is 0 Å². The number of pyridine rings is 1. The molecular weight excluding hydrogens is 293 g/mol. The van der Waals surface area contributed by atoms with Crippen molar-refractivity contribution < 1.29 is 13.2 Å². The van der Waals surface area contributed by atoms with Gasteiger partial charge in [0, 0.05) is 25.1 Å². The first-order chi connectivity index (χ1) is 10.5. The molecule has 0 bridgehead atoms. The second-order valence-electron chi connectivity index (χ2n) is 5.25. The number of aromatic nitrogens is 3. The molecule has 0 radical (unpaired) electrons. The van der Waals surface area contributed by atoms with E-state index < -0.39 is 11.7 Å². The van der Waals surface area contributed by atoms with Gasteiger partial charge < -0.3 is 5.32 Å². The third-order valence-electron chi connectivity index (χ3n) is 3.72.